The number of amides is 1. The number of hydrogen-bond acceptors (Lipinski definition) is 3. The van der Waals surface area contributed by atoms with Crippen molar-refractivity contribution < 1.29 is 9.18 Å². The second-order valence-corrected chi connectivity index (χ2v) is 5.37. The van der Waals surface area contributed by atoms with Gasteiger partial charge in [-0.05, 0) is 38.3 Å². The minimum absolute atomic E-state index is 0.0943. The number of rotatable bonds is 4. The van der Waals surface area contributed by atoms with Gasteiger partial charge in [-0.1, -0.05) is 0 Å². The maximum Gasteiger partial charge on any atom is 0.255 e. The topological polar surface area (TPSA) is 45.2 Å². The molecule has 1 aliphatic heterocycles. The summed E-state index contributed by atoms with van der Waals surface area (Å²) in [6.07, 6.45) is 6.96. The van der Waals surface area contributed by atoms with Crippen LogP contribution in [0.5, 0.6) is 0 Å². The van der Waals surface area contributed by atoms with E-state index in [1.807, 2.05) is 4.90 Å². The van der Waals surface area contributed by atoms with Crippen molar-refractivity contribution >= 4 is 5.91 Å². The van der Waals surface area contributed by atoms with Crippen LogP contribution >= 0.6 is 0 Å². The van der Waals surface area contributed by atoms with Crippen molar-refractivity contribution in [3.05, 3.63) is 29.8 Å². The van der Waals surface area contributed by atoms with E-state index in [-0.39, 0.29) is 5.91 Å². The van der Waals surface area contributed by atoms with Gasteiger partial charge in [0.25, 0.3) is 5.91 Å². The number of carbonyl (C=O) groups is 1. The Kier molecular flexibility index (Phi) is 3.46. The average Bonchev–Trinajstić information content (AvgIpc) is 3.12. The summed E-state index contributed by atoms with van der Waals surface area (Å²) in [4.78, 5) is 18.1. The zero-order valence-corrected chi connectivity index (χ0v) is 10.8. The molecule has 5 heteroatoms. The first kappa shape index (κ1) is 12.5. The predicted molar refractivity (Wildman–Crippen MR) is 69.3 cm³/mol. The van der Waals surface area contributed by atoms with E-state index in [2.05, 4.69) is 10.3 Å². The lowest BCUT2D eigenvalue weighted by atomic mass is 10.2. The Morgan fingerprint density at radius 1 is 1.42 bits per heavy atom. The van der Waals surface area contributed by atoms with Crippen LogP contribution < -0.4 is 5.32 Å². The minimum atomic E-state index is -0.458. The third-order valence-corrected chi connectivity index (χ3v) is 3.78. The van der Waals surface area contributed by atoms with Gasteiger partial charge in [0.1, 0.15) is 5.82 Å². The number of halogens is 1. The Morgan fingerprint density at radius 3 is 2.89 bits per heavy atom. The maximum absolute atomic E-state index is 13.2. The van der Waals surface area contributed by atoms with Gasteiger partial charge in [0, 0.05) is 24.8 Å². The molecule has 0 radical (unpaired) electrons. The molecule has 3 rings (SSSR count). The molecule has 1 aromatic heterocycles. The Bertz CT molecular complexity index is 470. The molecule has 1 saturated heterocycles. The maximum atomic E-state index is 13.2. The van der Waals surface area contributed by atoms with E-state index < -0.39 is 5.82 Å². The molecular weight excluding hydrogens is 245 g/mol. The number of hydrogen-bond donors (Lipinski definition) is 1. The molecule has 0 spiro atoms. The molecule has 1 amide bonds. The fraction of sp³-hybridized carbons (Fsp3) is 0.571. The van der Waals surface area contributed by atoms with Gasteiger partial charge in [0.15, 0.2) is 0 Å². The van der Waals surface area contributed by atoms with Crippen molar-refractivity contribution in [3.8, 4) is 0 Å². The van der Waals surface area contributed by atoms with Crippen LogP contribution in [0.25, 0.3) is 0 Å². The average molecular weight is 263 g/mol. The first-order valence-corrected chi connectivity index (χ1v) is 6.89. The number of aromatic nitrogens is 1. The molecule has 1 N–H and O–H groups in total. The van der Waals surface area contributed by atoms with Crippen molar-refractivity contribution in [2.24, 2.45) is 0 Å². The van der Waals surface area contributed by atoms with E-state index in [0.29, 0.717) is 17.6 Å². The third-order valence-electron chi connectivity index (χ3n) is 3.78. The van der Waals surface area contributed by atoms with Crippen LogP contribution in [0.1, 0.15) is 36.0 Å². The highest BCUT2D eigenvalue weighted by atomic mass is 19.1. The summed E-state index contributed by atoms with van der Waals surface area (Å²) >= 11 is 0. The van der Waals surface area contributed by atoms with Crippen molar-refractivity contribution in [1.29, 1.82) is 0 Å². The summed E-state index contributed by atoms with van der Waals surface area (Å²) < 4.78 is 13.2. The predicted octanol–water partition coefficient (Wildman–Crippen LogP) is 1.58. The van der Waals surface area contributed by atoms with E-state index in [0.717, 1.165) is 38.5 Å². The van der Waals surface area contributed by atoms with Gasteiger partial charge in [-0.2, -0.15) is 0 Å². The molecule has 0 aromatic carbocycles. The smallest absolute Gasteiger partial charge is 0.255 e. The van der Waals surface area contributed by atoms with Crippen molar-refractivity contribution in [2.45, 2.75) is 37.8 Å². The number of pyridine rings is 1. The molecule has 1 aliphatic carbocycles. The van der Waals surface area contributed by atoms with Gasteiger partial charge < -0.3 is 10.2 Å². The molecule has 19 heavy (non-hydrogen) atoms. The second-order valence-electron chi connectivity index (χ2n) is 5.37. The molecule has 2 aliphatic rings. The van der Waals surface area contributed by atoms with Crippen LogP contribution in [0.3, 0.4) is 0 Å². The Morgan fingerprint density at radius 2 is 2.26 bits per heavy atom. The summed E-state index contributed by atoms with van der Waals surface area (Å²) in [5.74, 6) is -0.552. The van der Waals surface area contributed by atoms with Gasteiger partial charge in [-0.3, -0.25) is 9.78 Å². The fourth-order valence-electron chi connectivity index (χ4n) is 2.63. The Hall–Kier alpha value is -1.49. The first-order chi connectivity index (χ1) is 9.24. The first-order valence-electron chi connectivity index (χ1n) is 6.89. The number of nitrogens with zero attached hydrogens (tertiary/aromatic N) is 2. The van der Waals surface area contributed by atoms with E-state index in [1.54, 1.807) is 0 Å². The van der Waals surface area contributed by atoms with E-state index >= 15 is 0 Å². The van der Waals surface area contributed by atoms with Gasteiger partial charge in [-0.25, -0.2) is 4.39 Å². The normalized spacial score (nSPS) is 22.5. The molecule has 1 unspecified atom stereocenters. The van der Waals surface area contributed by atoms with Crippen molar-refractivity contribution in [2.75, 3.05) is 13.1 Å². The quantitative estimate of drug-likeness (QED) is 0.897. The molecule has 2 fully saturated rings. The Balaban J connectivity index is 1.73. The van der Waals surface area contributed by atoms with Gasteiger partial charge in [0.05, 0.1) is 11.8 Å². The highest BCUT2D eigenvalue weighted by Gasteiger charge is 2.35. The van der Waals surface area contributed by atoms with Crippen LogP contribution in [0.15, 0.2) is 18.5 Å². The van der Waals surface area contributed by atoms with Crippen LogP contribution in [0, 0.1) is 5.82 Å². The lowest BCUT2D eigenvalue weighted by Crippen LogP contribution is -2.42. The molecule has 1 aromatic rings. The van der Waals surface area contributed by atoms with Gasteiger partial charge in [0.2, 0.25) is 0 Å². The summed E-state index contributed by atoms with van der Waals surface area (Å²) in [5, 5.41) is 3.40. The molecule has 2 heterocycles. The minimum Gasteiger partial charge on any atom is -0.334 e. The van der Waals surface area contributed by atoms with Crippen LogP contribution in [-0.4, -0.2) is 41.0 Å². The zero-order valence-electron chi connectivity index (χ0n) is 10.8. The summed E-state index contributed by atoms with van der Waals surface area (Å²) in [5.41, 5.74) is 0.352. The zero-order chi connectivity index (χ0) is 13.2. The largest absolute Gasteiger partial charge is 0.334 e. The second kappa shape index (κ2) is 5.25. The number of nitrogens with one attached hydrogen (secondary N) is 1. The Labute approximate surface area is 112 Å². The van der Waals surface area contributed by atoms with Crippen LogP contribution in [0.2, 0.25) is 0 Å². The molecule has 102 valence electrons. The lowest BCUT2D eigenvalue weighted by Gasteiger charge is -2.25. The highest BCUT2D eigenvalue weighted by Crippen LogP contribution is 2.29. The monoisotopic (exact) mass is 263 g/mol. The van der Waals surface area contributed by atoms with Gasteiger partial charge in [-0.15, -0.1) is 0 Å². The standard InChI is InChI=1S/C14H18FN3O/c15-11-6-10(7-16-8-11)14(19)18(13-3-4-13)9-12-2-1-5-17-12/h6-8,12-13,17H,1-5,9H2. The van der Waals surface area contributed by atoms with Gasteiger partial charge >= 0.3 is 0 Å². The molecule has 4 nitrogen and oxygen atoms in total. The van der Waals surface area contributed by atoms with E-state index in [9.17, 15) is 9.18 Å². The highest BCUT2D eigenvalue weighted by molar-refractivity contribution is 5.94. The molecule has 1 saturated carbocycles. The molecular formula is C14H18FN3O. The fourth-order valence-corrected chi connectivity index (χ4v) is 2.63. The summed E-state index contributed by atoms with van der Waals surface area (Å²) in [7, 11) is 0. The van der Waals surface area contributed by atoms with E-state index in [4.69, 9.17) is 0 Å². The SMILES string of the molecule is O=C(c1cncc(F)c1)N(CC1CCCN1)C1CC1. The van der Waals surface area contributed by atoms with Crippen molar-refractivity contribution in [1.82, 2.24) is 15.2 Å². The lowest BCUT2D eigenvalue weighted by molar-refractivity contribution is 0.0727. The van der Waals surface area contributed by atoms with Crippen LogP contribution in [0.4, 0.5) is 4.39 Å². The van der Waals surface area contributed by atoms with E-state index in [1.165, 1.54) is 18.7 Å². The summed E-state index contributed by atoms with van der Waals surface area (Å²) in [6.45, 7) is 1.75. The van der Waals surface area contributed by atoms with Crippen molar-refractivity contribution in [3.63, 3.8) is 0 Å². The van der Waals surface area contributed by atoms with Crippen LogP contribution in [-0.2, 0) is 0 Å². The summed E-state index contributed by atoms with van der Waals surface area (Å²) in [6, 6.07) is 1.98. The number of carbonyl (C=O) groups excluding carboxylic acids is 1. The molecule has 1 atom stereocenters. The third kappa shape index (κ3) is 2.92. The molecule has 0 bridgehead atoms.